The van der Waals surface area contributed by atoms with E-state index in [2.05, 4.69) is 25.6 Å². The maximum absolute atomic E-state index is 4.10. The minimum atomic E-state index is 0.265. The predicted molar refractivity (Wildman–Crippen MR) is 40.3 cm³/mol. The smallest absolute Gasteiger partial charge is 0.118 e. The summed E-state index contributed by atoms with van der Waals surface area (Å²) in [5, 5.41) is 0. The molecule has 0 aromatic heterocycles. The van der Waals surface area contributed by atoms with Gasteiger partial charge in [0.25, 0.3) is 0 Å². The summed E-state index contributed by atoms with van der Waals surface area (Å²) in [4.78, 5) is 0. The lowest BCUT2D eigenvalue weighted by molar-refractivity contribution is 0.379. The molecule has 1 aliphatic heterocycles. The second kappa shape index (κ2) is 2.11. The fourth-order valence-corrected chi connectivity index (χ4v) is 0.930. The van der Waals surface area contributed by atoms with Crippen LogP contribution in [0, 0.1) is 0 Å². The summed E-state index contributed by atoms with van der Waals surface area (Å²) < 4.78 is 3.57. The van der Waals surface area contributed by atoms with E-state index in [-0.39, 0.29) is 6.17 Å². The zero-order chi connectivity index (χ0) is 6.15. The molecule has 8 heavy (non-hydrogen) atoms. The molecule has 0 aromatic carbocycles. The molecule has 1 heterocycles. The largest absolute Gasteiger partial charge is 0.302 e. The molecule has 0 saturated heterocycles. The Morgan fingerprint density at radius 2 is 1.62 bits per heavy atom. The average Bonchev–Trinajstić information content (AvgIpc) is 1.98. The van der Waals surface area contributed by atoms with Crippen LogP contribution < -0.4 is 0 Å². The topological polar surface area (TPSA) is 6.48 Å². The van der Waals surface area contributed by atoms with Crippen LogP contribution >= 0.6 is 25.6 Å². The molecule has 0 aliphatic carbocycles. The lowest BCUT2D eigenvalue weighted by Gasteiger charge is -2.19. The highest BCUT2D eigenvalue weighted by Crippen LogP contribution is 2.17. The van der Waals surface area contributed by atoms with Crippen molar-refractivity contribution >= 4 is 25.6 Å². The van der Waals surface area contributed by atoms with Crippen molar-refractivity contribution in [2.24, 2.45) is 0 Å². The van der Waals surface area contributed by atoms with E-state index in [0.717, 1.165) is 0 Å². The first kappa shape index (κ1) is 6.16. The Morgan fingerprint density at radius 3 is 1.75 bits per heavy atom. The summed E-state index contributed by atoms with van der Waals surface area (Å²) in [6.45, 7) is 2.01. The summed E-state index contributed by atoms with van der Waals surface area (Å²) >= 11 is 8.21. The highest BCUT2D eigenvalue weighted by Gasteiger charge is 2.15. The molecule has 2 nitrogen and oxygen atoms in total. The molecule has 0 fully saturated rings. The Morgan fingerprint density at radius 1 is 1.25 bits per heavy atom. The van der Waals surface area contributed by atoms with Crippen molar-refractivity contribution in [3.8, 4) is 0 Å². The van der Waals surface area contributed by atoms with Gasteiger partial charge in [-0.1, -0.05) is 25.6 Å². The van der Waals surface area contributed by atoms with Gasteiger partial charge in [0.15, 0.2) is 0 Å². The minimum absolute atomic E-state index is 0.265. The van der Waals surface area contributed by atoms with Crippen LogP contribution in [0.15, 0.2) is 12.4 Å². The normalized spacial score (nSPS) is 20.9. The molecule has 46 valence electrons. The van der Waals surface area contributed by atoms with Crippen molar-refractivity contribution in [1.29, 1.82) is 0 Å². The summed E-state index contributed by atoms with van der Waals surface area (Å²) in [6.07, 6.45) is 3.99. The quantitative estimate of drug-likeness (QED) is 0.497. The lowest BCUT2D eigenvalue weighted by atomic mass is 10.6. The first-order chi connectivity index (χ1) is 3.72. The van der Waals surface area contributed by atoms with Crippen molar-refractivity contribution in [1.82, 2.24) is 8.61 Å². The van der Waals surface area contributed by atoms with Crippen LogP contribution in [0.25, 0.3) is 0 Å². The molecular weight excluding hydrogens is 140 g/mol. The number of rotatable bonds is 0. The first-order valence-corrected chi connectivity index (χ1v) is 3.14. The first-order valence-electron chi connectivity index (χ1n) is 2.34. The second-order valence-electron chi connectivity index (χ2n) is 1.69. The van der Waals surface area contributed by atoms with Gasteiger partial charge in [-0.05, 0) is 6.92 Å². The molecule has 0 bridgehead atoms. The maximum atomic E-state index is 4.10. The molecule has 1 aliphatic rings. The molecule has 1 rings (SSSR count). The number of hydrogen-bond acceptors (Lipinski definition) is 4. The molecule has 0 N–H and O–H groups in total. The summed E-state index contributed by atoms with van der Waals surface area (Å²) in [6, 6.07) is 0. The molecule has 0 unspecified atom stereocenters. The standard InChI is InChI=1S/C4H8N2S2/c1-4-5(7)2-3-6(4)8/h2-4,7-8H,1H3. The molecule has 0 atom stereocenters. The van der Waals surface area contributed by atoms with Gasteiger partial charge in [0, 0.05) is 12.4 Å². The van der Waals surface area contributed by atoms with Crippen LogP contribution in [0.4, 0.5) is 0 Å². The summed E-state index contributed by atoms with van der Waals surface area (Å²) in [5.41, 5.74) is 0. The SMILES string of the molecule is CC1N(S)C=CN1S. The second-order valence-corrected chi connectivity index (χ2v) is 2.61. The van der Waals surface area contributed by atoms with Gasteiger partial charge in [-0.25, -0.2) is 0 Å². The molecule has 0 aromatic rings. The minimum Gasteiger partial charge on any atom is -0.302 e. The van der Waals surface area contributed by atoms with Gasteiger partial charge in [0.1, 0.15) is 6.17 Å². The van der Waals surface area contributed by atoms with Crippen molar-refractivity contribution in [3.63, 3.8) is 0 Å². The fourth-order valence-electron chi connectivity index (χ4n) is 0.507. The van der Waals surface area contributed by atoms with E-state index >= 15 is 0 Å². The van der Waals surface area contributed by atoms with E-state index < -0.39 is 0 Å². The number of thiol groups is 2. The Balaban J connectivity index is 2.55. The lowest BCUT2D eigenvalue weighted by Crippen LogP contribution is -2.23. The van der Waals surface area contributed by atoms with Crippen LogP contribution in [0.1, 0.15) is 6.92 Å². The summed E-state index contributed by atoms with van der Waals surface area (Å²) in [5.74, 6) is 0. The van der Waals surface area contributed by atoms with Crippen LogP contribution in [0.3, 0.4) is 0 Å². The Bertz CT molecular complexity index is 103. The van der Waals surface area contributed by atoms with E-state index in [1.54, 1.807) is 8.61 Å². The van der Waals surface area contributed by atoms with Gasteiger partial charge in [-0.2, -0.15) is 0 Å². The van der Waals surface area contributed by atoms with Crippen LogP contribution in [-0.2, 0) is 0 Å². The predicted octanol–water partition coefficient (Wildman–Crippen LogP) is 1.11. The van der Waals surface area contributed by atoms with E-state index in [1.165, 1.54) is 0 Å². The van der Waals surface area contributed by atoms with Crippen molar-refractivity contribution < 1.29 is 0 Å². The van der Waals surface area contributed by atoms with Gasteiger partial charge in [0.2, 0.25) is 0 Å². The average molecular weight is 148 g/mol. The van der Waals surface area contributed by atoms with Crippen LogP contribution in [0.2, 0.25) is 0 Å². The van der Waals surface area contributed by atoms with Gasteiger partial charge < -0.3 is 8.61 Å². The van der Waals surface area contributed by atoms with Gasteiger partial charge in [0.05, 0.1) is 0 Å². The molecule has 0 amide bonds. The molecule has 0 spiro atoms. The molecule has 4 heteroatoms. The molecular formula is C4H8N2S2. The number of hydrogen-bond donors (Lipinski definition) is 2. The highest BCUT2D eigenvalue weighted by molar-refractivity contribution is 7.78. The van der Waals surface area contributed by atoms with Crippen molar-refractivity contribution in [2.45, 2.75) is 13.1 Å². The third kappa shape index (κ3) is 0.902. The van der Waals surface area contributed by atoms with Crippen LogP contribution in [0.5, 0.6) is 0 Å². The fraction of sp³-hybridized carbons (Fsp3) is 0.500. The number of nitrogens with zero attached hydrogens (tertiary/aromatic N) is 2. The third-order valence-electron chi connectivity index (χ3n) is 1.14. The Kier molecular flexibility index (Phi) is 1.62. The third-order valence-corrected chi connectivity index (χ3v) is 2.07. The van der Waals surface area contributed by atoms with E-state index in [0.29, 0.717) is 0 Å². The van der Waals surface area contributed by atoms with Crippen molar-refractivity contribution in [3.05, 3.63) is 12.4 Å². The van der Waals surface area contributed by atoms with Gasteiger partial charge in [-0.15, -0.1) is 0 Å². The Labute approximate surface area is 60.2 Å². The van der Waals surface area contributed by atoms with Gasteiger partial charge in [-0.3, -0.25) is 0 Å². The van der Waals surface area contributed by atoms with Crippen molar-refractivity contribution in [2.75, 3.05) is 0 Å². The summed E-state index contributed by atoms with van der Waals surface area (Å²) in [7, 11) is 0. The highest BCUT2D eigenvalue weighted by atomic mass is 32.1. The van der Waals surface area contributed by atoms with E-state index in [9.17, 15) is 0 Å². The van der Waals surface area contributed by atoms with Crippen LogP contribution in [-0.4, -0.2) is 14.8 Å². The van der Waals surface area contributed by atoms with E-state index in [1.807, 2.05) is 19.3 Å². The zero-order valence-electron chi connectivity index (χ0n) is 4.52. The monoisotopic (exact) mass is 148 g/mol. The van der Waals surface area contributed by atoms with Gasteiger partial charge >= 0.3 is 0 Å². The van der Waals surface area contributed by atoms with E-state index in [4.69, 9.17) is 0 Å². The molecule has 0 saturated carbocycles. The maximum Gasteiger partial charge on any atom is 0.118 e. The zero-order valence-corrected chi connectivity index (χ0v) is 6.31. The Hall–Kier alpha value is 0.0400. The molecule has 0 radical (unpaired) electrons.